The van der Waals surface area contributed by atoms with E-state index >= 15 is 0 Å². The summed E-state index contributed by atoms with van der Waals surface area (Å²) in [5.74, 6) is -0.528. The van der Waals surface area contributed by atoms with E-state index in [1.807, 2.05) is 30.5 Å². The van der Waals surface area contributed by atoms with Crippen molar-refractivity contribution >= 4 is 17.7 Å². The average Bonchev–Trinajstić information content (AvgIpc) is 2.55. The first-order chi connectivity index (χ1) is 10.6. The summed E-state index contributed by atoms with van der Waals surface area (Å²) in [5.41, 5.74) is 1.50. The summed E-state index contributed by atoms with van der Waals surface area (Å²) < 4.78 is 12.8. The van der Waals surface area contributed by atoms with Gasteiger partial charge in [-0.25, -0.2) is 4.39 Å². The van der Waals surface area contributed by atoms with Crippen LogP contribution in [0, 0.1) is 5.82 Å². The lowest BCUT2D eigenvalue weighted by Gasteiger charge is -2.13. The summed E-state index contributed by atoms with van der Waals surface area (Å²) in [6.07, 6.45) is 1.41. The lowest BCUT2D eigenvalue weighted by atomic mass is 10.1. The number of nitrogens with one attached hydrogen (secondary N) is 1. The van der Waals surface area contributed by atoms with E-state index in [1.54, 1.807) is 23.9 Å². The molecule has 2 aromatic rings. The Morgan fingerprint density at radius 3 is 2.41 bits per heavy atom. The molecule has 1 amide bonds. The Balaban J connectivity index is 1.83. The number of carbonyl (C=O) groups is 1. The Bertz CT molecular complexity index is 614. The molecule has 0 saturated heterocycles. The molecule has 0 radical (unpaired) electrons. The van der Waals surface area contributed by atoms with Crippen LogP contribution in [0.1, 0.15) is 17.2 Å². The highest BCUT2D eigenvalue weighted by Gasteiger charge is 2.10. The van der Waals surface area contributed by atoms with E-state index < -0.39 is 6.10 Å². The number of hydrogen-bond acceptors (Lipinski definition) is 3. The van der Waals surface area contributed by atoms with Crippen LogP contribution in [0.4, 0.5) is 4.39 Å². The normalized spacial score (nSPS) is 12.0. The molecule has 22 heavy (non-hydrogen) atoms. The second kappa shape index (κ2) is 7.96. The number of aliphatic hydroxyl groups excluding tert-OH is 1. The lowest BCUT2D eigenvalue weighted by Crippen LogP contribution is -2.29. The van der Waals surface area contributed by atoms with E-state index in [-0.39, 0.29) is 24.7 Å². The molecule has 116 valence electrons. The summed E-state index contributed by atoms with van der Waals surface area (Å²) >= 11 is 1.63. The van der Waals surface area contributed by atoms with Crippen LogP contribution in [-0.2, 0) is 11.2 Å². The molecule has 0 aliphatic heterocycles. The fourth-order valence-electron chi connectivity index (χ4n) is 2.00. The number of amides is 1. The fourth-order valence-corrected chi connectivity index (χ4v) is 2.41. The molecule has 0 saturated carbocycles. The minimum absolute atomic E-state index is 0.151. The number of aliphatic hydroxyl groups is 1. The number of carbonyl (C=O) groups excluding carboxylic acids is 1. The Kier molecular flexibility index (Phi) is 5.98. The van der Waals surface area contributed by atoms with E-state index in [0.717, 1.165) is 16.0 Å². The van der Waals surface area contributed by atoms with Gasteiger partial charge < -0.3 is 10.4 Å². The average molecular weight is 319 g/mol. The summed E-state index contributed by atoms with van der Waals surface area (Å²) in [4.78, 5) is 12.9. The molecule has 3 nitrogen and oxygen atoms in total. The second-order valence-corrected chi connectivity index (χ2v) is 5.78. The maximum Gasteiger partial charge on any atom is 0.224 e. The first-order valence-corrected chi connectivity index (χ1v) is 8.14. The van der Waals surface area contributed by atoms with Gasteiger partial charge in [0.15, 0.2) is 0 Å². The third-order valence-corrected chi connectivity index (χ3v) is 4.01. The van der Waals surface area contributed by atoms with Crippen LogP contribution in [0.5, 0.6) is 0 Å². The zero-order chi connectivity index (χ0) is 15.9. The van der Waals surface area contributed by atoms with Gasteiger partial charge in [-0.15, -0.1) is 11.8 Å². The van der Waals surface area contributed by atoms with Gasteiger partial charge in [0, 0.05) is 11.4 Å². The molecule has 0 heterocycles. The van der Waals surface area contributed by atoms with Gasteiger partial charge in [-0.1, -0.05) is 24.3 Å². The zero-order valence-corrected chi connectivity index (χ0v) is 13.1. The van der Waals surface area contributed by atoms with E-state index in [1.165, 1.54) is 12.1 Å². The van der Waals surface area contributed by atoms with Gasteiger partial charge in [0.25, 0.3) is 0 Å². The van der Waals surface area contributed by atoms with Crippen molar-refractivity contribution in [2.45, 2.75) is 17.4 Å². The molecular weight excluding hydrogens is 301 g/mol. The van der Waals surface area contributed by atoms with Crippen molar-refractivity contribution in [3.63, 3.8) is 0 Å². The van der Waals surface area contributed by atoms with Gasteiger partial charge in [-0.2, -0.15) is 0 Å². The van der Waals surface area contributed by atoms with Crippen molar-refractivity contribution in [1.82, 2.24) is 5.32 Å². The summed E-state index contributed by atoms with van der Waals surface area (Å²) in [6.45, 7) is 0.151. The highest BCUT2D eigenvalue weighted by atomic mass is 32.2. The summed E-state index contributed by atoms with van der Waals surface area (Å²) in [7, 11) is 0. The van der Waals surface area contributed by atoms with Crippen LogP contribution in [0.3, 0.4) is 0 Å². The van der Waals surface area contributed by atoms with Crippen LogP contribution in [0.15, 0.2) is 53.4 Å². The van der Waals surface area contributed by atoms with Crippen LogP contribution >= 0.6 is 11.8 Å². The number of thioether (sulfide) groups is 1. The molecule has 0 aliphatic carbocycles. The summed E-state index contributed by atoms with van der Waals surface area (Å²) in [6, 6.07) is 13.4. The van der Waals surface area contributed by atoms with Crippen molar-refractivity contribution in [3.05, 3.63) is 65.5 Å². The molecule has 0 bridgehead atoms. The first-order valence-electron chi connectivity index (χ1n) is 6.91. The van der Waals surface area contributed by atoms with E-state index in [9.17, 15) is 14.3 Å². The maximum absolute atomic E-state index is 12.8. The van der Waals surface area contributed by atoms with Crippen LogP contribution in [0.2, 0.25) is 0 Å². The molecule has 2 N–H and O–H groups in total. The SMILES string of the molecule is CSc1ccc(C(O)CNC(=O)Cc2ccc(F)cc2)cc1. The molecule has 0 fully saturated rings. The molecule has 1 unspecified atom stereocenters. The Morgan fingerprint density at radius 2 is 1.82 bits per heavy atom. The summed E-state index contributed by atoms with van der Waals surface area (Å²) in [5, 5.41) is 12.7. The predicted octanol–water partition coefficient (Wildman–Crippen LogP) is 2.94. The zero-order valence-electron chi connectivity index (χ0n) is 12.3. The smallest absolute Gasteiger partial charge is 0.224 e. The van der Waals surface area contributed by atoms with Gasteiger partial charge in [0.2, 0.25) is 5.91 Å². The van der Waals surface area contributed by atoms with Crippen molar-refractivity contribution in [3.8, 4) is 0 Å². The second-order valence-electron chi connectivity index (χ2n) is 4.90. The van der Waals surface area contributed by atoms with Crippen molar-refractivity contribution in [1.29, 1.82) is 0 Å². The number of rotatable bonds is 6. The minimum Gasteiger partial charge on any atom is -0.387 e. The molecule has 2 aromatic carbocycles. The van der Waals surface area contributed by atoms with Gasteiger partial charge in [-0.05, 0) is 41.6 Å². The van der Waals surface area contributed by atoms with Crippen molar-refractivity contribution in [2.24, 2.45) is 0 Å². The lowest BCUT2D eigenvalue weighted by molar-refractivity contribution is -0.120. The molecule has 2 rings (SSSR count). The fraction of sp³-hybridized carbons (Fsp3) is 0.235. The molecular formula is C17H18FNO2S. The number of halogens is 1. The predicted molar refractivity (Wildman–Crippen MR) is 86.3 cm³/mol. The monoisotopic (exact) mass is 319 g/mol. The Hall–Kier alpha value is -1.85. The molecule has 0 aromatic heterocycles. The molecule has 1 atom stereocenters. The van der Waals surface area contributed by atoms with Crippen LogP contribution in [0.25, 0.3) is 0 Å². The molecule has 0 aliphatic rings. The van der Waals surface area contributed by atoms with E-state index in [4.69, 9.17) is 0 Å². The minimum atomic E-state index is -0.743. The van der Waals surface area contributed by atoms with Gasteiger partial charge in [-0.3, -0.25) is 4.79 Å². The third-order valence-electron chi connectivity index (χ3n) is 3.27. The van der Waals surface area contributed by atoms with Crippen molar-refractivity contribution in [2.75, 3.05) is 12.8 Å². The Labute approximate surface area is 133 Å². The van der Waals surface area contributed by atoms with Gasteiger partial charge in [0.1, 0.15) is 5.82 Å². The highest BCUT2D eigenvalue weighted by molar-refractivity contribution is 7.98. The van der Waals surface area contributed by atoms with E-state index in [2.05, 4.69) is 5.32 Å². The van der Waals surface area contributed by atoms with Crippen LogP contribution < -0.4 is 5.32 Å². The Morgan fingerprint density at radius 1 is 1.18 bits per heavy atom. The van der Waals surface area contributed by atoms with Crippen molar-refractivity contribution < 1.29 is 14.3 Å². The van der Waals surface area contributed by atoms with Gasteiger partial charge >= 0.3 is 0 Å². The largest absolute Gasteiger partial charge is 0.387 e. The first kappa shape index (κ1) is 16.5. The molecule has 5 heteroatoms. The van der Waals surface area contributed by atoms with Crippen LogP contribution in [-0.4, -0.2) is 23.8 Å². The van der Waals surface area contributed by atoms with E-state index in [0.29, 0.717) is 0 Å². The topological polar surface area (TPSA) is 49.3 Å². The maximum atomic E-state index is 12.8. The number of hydrogen-bond donors (Lipinski definition) is 2. The van der Waals surface area contributed by atoms with Gasteiger partial charge in [0.05, 0.1) is 12.5 Å². The standard InChI is InChI=1S/C17H18FNO2S/c1-22-15-8-4-13(5-9-15)16(20)11-19-17(21)10-12-2-6-14(18)7-3-12/h2-9,16,20H,10-11H2,1H3,(H,19,21). The third kappa shape index (κ3) is 4.86. The quantitative estimate of drug-likeness (QED) is 0.805. The highest BCUT2D eigenvalue weighted by Crippen LogP contribution is 2.18. The number of benzene rings is 2. The molecule has 0 spiro atoms.